The highest BCUT2D eigenvalue weighted by Crippen LogP contribution is 2.30. The monoisotopic (exact) mass is 260 g/mol. The molecule has 0 heterocycles. The van der Waals surface area contributed by atoms with Gasteiger partial charge in [0.2, 0.25) is 5.91 Å². The lowest BCUT2D eigenvalue weighted by atomic mass is 9.95. The largest absolute Gasteiger partial charge is 0.351 e. The zero-order valence-electron chi connectivity index (χ0n) is 8.26. The minimum atomic E-state index is 0.117. The number of carbonyl (C=O) groups excluding carboxylic acids is 1. The van der Waals surface area contributed by atoms with E-state index in [2.05, 4.69) is 27.8 Å². The van der Waals surface area contributed by atoms with Gasteiger partial charge in [-0.15, -0.1) is 0 Å². The van der Waals surface area contributed by atoms with E-state index in [1.54, 1.807) is 0 Å². The Kier molecular flexibility index (Phi) is 4.62. The summed E-state index contributed by atoms with van der Waals surface area (Å²) in [5, 5.41) is 2.85. The Morgan fingerprint density at radius 2 is 2.29 bits per heavy atom. The van der Waals surface area contributed by atoms with Gasteiger partial charge in [0.15, 0.2) is 0 Å². The molecule has 2 atom stereocenters. The highest BCUT2D eigenvalue weighted by atomic mass is 79.9. The molecule has 1 aliphatic carbocycles. The summed E-state index contributed by atoms with van der Waals surface area (Å²) >= 11 is 3.21. The molecule has 0 spiro atoms. The van der Waals surface area contributed by atoms with Crippen molar-refractivity contribution < 1.29 is 4.79 Å². The first-order valence-corrected chi connectivity index (χ1v) is 5.75. The number of rotatable bonds is 4. The lowest BCUT2D eigenvalue weighted by Crippen LogP contribution is -2.35. The lowest BCUT2D eigenvalue weighted by molar-refractivity contribution is -0.125. The number of carbonyl (C=O) groups is 1. The van der Waals surface area contributed by atoms with Crippen molar-refractivity contribution in [2.24, 2.45) is 17.6 Å². The molecule has 1 saturated carbocycles. The molecule has 3 nitrogen and oxygen atoms in total. The van der Waals surface area contributed by atoms with Gasteiger partial charge in [0.05, 0.1) is 0 Å². The number of nitrogens with two attached hydrogens (primary N) is 1. The summed E-state index contributed by atoms with van der Waals surface area (Å²) < 4.78 is 0.799. The molecule has 0 saturated heterocycles. The number of hydrogen-bond donors (Lipinski definition) is 2. The molecule has 0 aromatic rings. The Morgan fingerprint density at radius 1 is 1.57 bits per heavy atom. The van der Waals surface area contributed by atoms with Gasteiger partial charge in [0.1, 0.15) is 0 Å². The van der Waals surface area contributed by atoms with Crippen LogP contribution >= 0.6 is 15.9 Å². The number of nitrogens with one attached hydrogen (secondary N) is 1. The van der Waals surface area contributed by atoms with E-state index in [1.165, 1.54) is 0 Å². The maximum Gasteiger partial charge on any atom is 0.223 e. The van der Waals surface area contributed by atoms with Crippen molar-refractivity contribution in [3.05, 3.63) is 11.1 Å². The standard InChI is InChI=1S/C10H17BrN2O/c1-7(11)6-13-10(14)9-4-2-3-8(9)5-12/h8-9H,1-6,12H2,(H,13,14)/t8-,9-/m1/s1. The summed E-state index contributed by atoms with van der Waals surface area (Å²) in [6.45, 7) is 4.80. The maximum atomic E-state index is 11.7. The first-order chi connectivity index (χ1) is 6.65. The molecule has 80 valence electrons. The van der Waals surface area contributed by atoms with Gasteiger partial charge in [-0.25, -0.2) is 0 Å². The number of hydrogen-bond acceptors (Lipinski definition) is 2. The van der Waals surface area contributed by atoms with Gasteiger partial charge in [-0.05, 0) is 25.3 Å². The van der Waals surface area contributed by atoms with Gasteiger partial charge in [-0.1, -0.05) is 28.9 Å². The minimum absolute atomic E-state index is 0.117. The Bertz CT molecular complexity index is 230. The SMILES string of the molecule is C=C(Br)CNC(=O)[C@@H]1CCC[C@@H]1CN. The van der Waals surface area contributed by atoms with Crippen LogP contribution in [-0.2, 0) is 4.79 Å². The predicted molar refractivity (Wildman–Crippen MR) is 61.0 cm³/mol. The van der Waals surface area contributed by atoms with Crippen LogP contribution in [0, 0.1) is 11.8 Å². The Morgan fingerprint density at radius 3 is 2.86 bits per heavy atom. The van der Waals surface area contributed by atoms with Crippen molar-refractivity contribution in [1.29, 1.82) is 0 Å². The molecule has 14 heavy (non-hydrogen) atoms. The molecule has 1 fully saturated rings. The molecule has 4 heteroatoms. The van der Waals surface area contributed by atoms with Crippen molar-refractivity contribution in [3.8, 4) is 0 Å². The van der Waals surface area contributed by atoms with Gasteiger partial charge in [0.25, 0.3) is 0 Å². The molecule has 3 N–H and O–H groups in total. The Hall–Kier alpha value is -0.350. The van der Waals surface area contributed by atoms with Gasteiger partial charge >= 0.3 is 0 Å². The van der Waals surface area contributed by atoms with Crippen LogP contribution in [0.3, 0.4) is 0 Å². The molecule has 0 aliphatic heterocycles. The Balaban J connectivity index is 2.39. The van der Waals surface area contributed by atoms with Crippen molar-refractivity contribution in [2.75, 3.05) is 13.1 Å². The van der Waals surface area contributed by atoms with Crippen molar-refractivity contribution >= 4 is 21.8 Å². The number of halogens is 1. The first-order valence-electron chi connectivity index (χ1n) is 4.96. The zero-order chi connectivity index (χ0) is 10.6. The number of amides is 1. The van der Waals surface area contributed by atoms with E-state index < -0.39 is 0 Å². The quantitative estimate of drug-likeness (QED) is 0.803. The summed E-state index contributed by atoms with van der Waals surface area (Å²) in [6.07, 6.45) is 3.18. The average molecular weight is 261 g/mol. The molecule has 0 bridgehead atoms. The predicted octanol–water partition coefficient (Wildman–Crippen LogP) is 1.39. The minimum Gasteiger partial charge on any atom is -0.351 e. The maximum absolute atomic E-state index is 11.7. The van der Waals surface area contributed by atoms with Gasteiger partial charge in [-0.2, -0.15) is 0 Å². The van der Waals surface area contributed by atoms with E-state index in [0.717, 1.165) is 23.7 Å². The second kappa shape index (κ2) is 5.51. The summed E-state index contributed by atoms with van der Waals surface area (Å²) in [5.41, 5.74) is 5.61. The first kappa shape index (κ1) is 11.7. The van der Waals surface area contributed by atoms with E-state index in [1.807, 2.05) is 0 Å². The van der Waals surface area contributed by atoms with Crippen LogP contribution in [0.15, 0.2) is 11.1 Å². The van der Waals surface area contributed by atoms with Gasteiger partial charge in [0, 0.05) is 16.9 Å². The molecule has 0 radical (unpaired) electrons. The zero-order valence-corrected chi connectivity index (χ0v) is 9.85. The lowest BCUT2D eigenvalue weighted by Gasteiger charge is -2.16. The smallest absolute Gasteiger partial charge is 0.223 e. The summed E-state index contributed by atoms with van der Waals surface area (Å²) in [4.78, 5) is 11.7. The summed E-state index contributed by atoms with van der Waals surface area (Å²) in [6, 6.07) is 0. The molecule has 0 aromatic carbocycles. The fourth-order valence-electron chi connectivity index (χ4n) is 1.98. The van der Waals surface area contributed by atoms with Gasteiger partial charge in [-0.3, -0.25) is 4.79 Å². The highest BCUT2D eigenvalue weighted by molar-refractivity contribution is 9.11. The van der Waals surface area contributed by atoms with E-state index >= 15 is 0 Å². The van der Waals surface area contributed by atoms with Crippen molar-refractivity contribution in [1.82, 2.24) is 5.32 Å². The topological polar surface area (TPSA) is 55.1 Å². The second-order valence-electron chi connectivity index (χ2n) is 3.77. The van der Waals surface area contributed by atoms with Crippen LogP contribution in [-0.4, -0.2) is 19.0 Å². The third-order valence-corrected chi connectivity index (χ3v) is 3.03. The average Bonchev–Trinajstić information content (AvgIpc) is 2.61. The van der Waals surface area contributed by atoms with Crippen LogP contribution in [0.25, 0.3) is 0 Å². The van der Waals surface area contributed by atoms with Crippen LogP contribution in [0.5, 0.6) is 0 Å². The molecule has 0 unspecified atom stereocenters. The summed E-state index contributed by atoms with van der Waals surface area (Å²) in [5.74, 6) is 0.615. The molecule has 1 rings (SSSR count). The third kappa shape index (κ3) is 3.10. The third-order valence-electron chi connectivity index (χ3n) is 2.75. The molecule has 1 aliphatic rings. The van der Waals surface area contributed by atoms with Gasteiger partial charge < -0.3 is 11.1 Å². The van der Waals surface area contributed by atoms with Crippen LogP contribution in [0.2, 0.25) is 0 Å². The molecular weight excluding hydrogens is 244 g/mol. The second-order valence-corrected chi connectivity index (χ2v) is 4.89. The van der Waals surface area contributed by atoms with Crippen LogP contribution in [0.1, 0.15) is 19.3 Å². The van der Waals surface area contributed by atoms with Crippen LogP contribution in [0.4, 0.5) is 0 Å². The normalized spacial score (nSPS) is 26.1. The summed E-state index contributed by atoms with van der Waals surface area (Å²) in [7, 11) is 0. The molecule has 1 amide bonds. The van der Waals surface area contributed by atoms with E-state index in [0.29, 0.717) is 19.0 Å². The molecular formula is C10H17BrN2O. The van der Waals surface area contributed by atoms with Crippen molar-refractivity contribution in [2.45, 2.75) is 19.3 Å². The van der Waals surface area contributed by atoms with Crippen molar-refractivity contribution in [3.63, 3.8) is 0 Å². The fraction of sp³-hybridized carbons (Fsp3) is 0.700. The highest BCUT2D eigenvalue weighted by Gasteiger charge is 2.31. The fourth-order valence-corrected chi connectivity index (χ4v) is 2.12. The van der Waals surface area contributed by atoms with Crippen LogP contribution < -0.4 is 11.1 Å². The van der Waals surface area contributed by atoms with E-state index in [4.69, 9.17) is 5.73 Å². The van der Waals surface area contributed by atoms with E-state index in [9.17, 15) is 4.79 Å². The Labute approximate surface area is 93.2 Å². The molecule has 0 aromatic heterocycles. The van der Waals surface area contributed by atoms with E-state index in [-0.39, 0.29) is 11.8 Å².